The molecule has 1 heterocycles. The summed E-state index contributed by atoms with van der Waals surface area (Å²) < 4.78 is 5.30. The van der Waals surface area contributed by atoms with E-state index in [0.29, 0.717) is 31.7 Å². The molecule has 2 rings (SSSR count). The number of hydrogen-bond acceptors (Lipinski definition) is 5. The second-order valence-corrected chi connectivity index (χ2v) is 5.23. The highest BCUT2D eigenvalue weighted by Gasteiger charge is 2.40. The summed E-state index contributed by atoms with van der Waals surface area (Å²) in [6, 6.07) is 5.91. The molecule has 0 atom stereocenters. The number of carbonyl (C=O) groups is 1. The highest BCUT2D eigenvalue weighted by molar-refractivity contribution is 5.97. The van der Waals surface area contributed by atoms with Gasteiger partial charge in [-0.15, -0.1) is 0 Å². The van der Waals surface area contributed by atoms with E-state index in [-0.39, 0.29) is 18.1 Å². The molecule has 1 aromatic rings. The van der Waals surface area contributed by atoms with Gasteiger partial charge in [0.1, 0.15) is 0 Å². The lowest BCUT2D eigenvalue weighted by Crippen LogP contribution is -2.49. The second-order valence-electron chi connectivity index (χ2n) is 5.23. The fourth-order valence-electron chi connectivity index (χ4n) is 2.54. The van der Waals surface area contributed by atoms with Crippen LogP contribution in [-0.2, 0) is 9.53 Å². The molecule has 7 heteroatoms. The van der Waals surface area contributed by atoms with E-state index in [9.17, 15) is 14.9 Å². The number of benzene rings is 1. The van der Waals surface area contributed by atoms with Gasteiger partial charge in [0, 0.05) is 44.6 Å². The summed E-state index contributed by atoms with van der Waals surface area (Å²) in [6.45, 7) is 1.32. The van der Waals surface area contributed by atoms with Crippen LogP contribution in [0.25, 0.3) is 0 Å². The van der Waals surface area contributed by atoms with Crippen molar-refractivity contribution in [1.29, 1.82) is 0 Å². The van der Waals surface area contributed by atoms with Gasteiger partial charge in [0.15, 0.2) is 0 Å². The van der Waals surface area contributed by atoms with E-state index in [2.05, 4.69) is 0 Å². The second kappa shape index (κ2) is 6.19. The molecular formula is C14H19N3O4. The number of rotatable bonds is 4. The van der Waals surface area contributed by atoms with Gasteiger partial charge in [0.05, 0.1) is 10.3 Å². The minimum Gasteiger partial charge on any atom is -0.381 e. The van der Waals surface area contributed by atoms with Crippen LogP contribution in [0.4, 0.5) is 11.4 Å². The molecule has 1 fully saturated rings. The molecule has 0 aliphatic carbocycles. The molecular weight excluding hydrogens is 274 g/mol. The van der Waals surface area contributed by atoms with E-state index in [0.717, 1.165) is 0 Å². The standard InChI is InChI=1S/C14H19N3O4/c1-16(11-2-4-12(5-3-11)17(19)20)13(18)14(10-15)6-8-21-9-7-14/h2-5H,6-10,15H2,1H3. The topological polar surface area (TPSA) is 98.7 Å². The zero-order chi connectivity index (χ0) is 15.5. The molecule has 1 saturated heterocycles. The highest BCUT2D eigenvalue weighted by atomic mass is 16.6. The first kappa shape index (κ1) is 15.4. The summed E-state index contributed by atoms with van der Waals surface area (Å²) in [5, 5.41) is 10.7. The third-order valence-corrected chi connectivity index (χ3v) is 4.05. The van der Waals surface area contributed by atoms with Crippen molar-refractivity contribution in [2.45, 2.75) is 12.8 Å². The molecule has 1 amide bonds. The number of anilines is 1. The zero-order valence-corrected chi connectivity index (χ0v) is 11.9. The summed E-state index contributed by atoms with van der Waals surface area (Å²) in [7, 11) is 1.66. The number of carbonyl (C=O) groups excluding carboxylic acids is 1. The van der Waals surface area contributed by atoms with Crippen molar-refractivity contribution in [2.75, 3.05) is 31.7 Å². The van der Waals surface area contributed by atoms with Crippen molar-refractivity contribution < 1.29 is 14.5 Å². The maximum Gasteiger partial charge on any atom is 0.269 e. The van der Waals surface area contributed by atoms with Gasteiger partial charge in [-0.1, -0.05) is 0 Å². The van der Waals surface area contributed by atoms with Crippen LogP contribution in [0, 0.1) is 15.5 Å². The Labute approximate surface area is 122 Å². The number of nitro groups is 1. The van der Waals surface area contributed by atoms with Gasteiger partial charge < -0.3 is 15.4 Å². The van der Waals surface area contributed by atoms with E-state index in [1.807, 2.05) is 0 Å². The summed E-state index contributed by atoms with van der Waals surface area (Å²) in [6.07, 6.45) is 1.19. The lowest BCUT2D eigenvalue weighted by molar-refractivity contribution is -0.384. The third kappa shape index (κ3) is 3.03. The molecule has 0 bridgehead atoms. The Bertz CT molecular complexity index is 524. The predicted octanol–water partition coefficient (Wildman–Crippen LogP) is 1.31. The van der Waals surface area contributed by atoms with Gasteiger partial charge >= 0.3 is 0 Å². The smallest absolute Gasteiger partial charge is 0.269 e. The van der Waals surface area contributed by atoms with Crippen molar-refractivity contribution >= 4 is 17.3 Å². The van der Waals surface area contributed by atoms with Crippen molar-refractivity contribution in [3.8, 4) is 0 Å². The van der Waals surface area contributed by atoms with Gasteiger partial charge in [-0.3, -0.25) is 14.9 Å². The van der Waals surface area contributed by atoms with E-state index in [1.54, 1.807) is 19.2 Å². The Balaban J connectivity index is 2.19. The van der Waals surface area contributed by atoms with Crippen LogP contribution < -0.4 is 10.6 Å². The van der Waals surface area contributed by atoms with E-state index >= 15 is 0 Å². The monoisotopic (exact) mass is 293 g/mol. The molecule has 21 heavy (non-hydrogen) atoms. The molecule has 0 saturated carbocycles. The van der Waals surface area contributed by atoms with Crippen LogP contribution in [0.5, 0.6) is 0 Å². The van der Waals surface area contributed by atoms with Crippen LogP contribution >= 0.6 is 0 Å². The van der Waals surface area contributed by atoms with Crippen LogP contribution in [0.1, 0.15) is 12.8 Å². The Morgan fingerprint density at radius 2 is 1.95 bits per heavy atom. The SMILES string of the molecule is CN(C(=O)C1(CN)CCOCC1)c1ccc([N+](=O)[O-])cc1. The summed E-state index contributed by atoms with van der Waals surface area (Å²) in [5.41, 5.74) is 5.84. The number of amides is 1. The molecule has 7 nitrogen and oxygen atoms in total. The number of hydrogen-bond donors (Lipinski definition) is 1. The summed E-state index contributed by atoms with van der Waals surface area (Å²) in [4.78, 5) is 24.4. The van der Waals surface area contributed by atoms with Crippen molar-refractivity contribution in [3.63, 3.8) is 0 Å². The Kier molecular flexibility index (Phi) is 4.54. The molecule has 0 unspecified atom stereocenters. The van der Waals surface area contributed by atoms with Crippen molar-refractivity contribution in [3.05, 3.63) is 34.4 Å². The first-order valence-corrected chi connectivity index (χ1v) is 6.80. The lowest BCUT2D eigenvalue weighted by atomic mass is 9.79. The van der Waals surface area contributed by atoms with Crippen LogP contribution in [0.3, 0.4) is 0 Å². The van der Waals surface area contributed by atoms with Crippen molar-refractivity contribution in [2.24, 2.45) is 11.1 Å². The highest BCUT2D eigenvalue weighted by Crippen LogP contribution is 2.33. The van der Waals surface area contributed by atoms with Crippen LogP contribution in [0.15, 0.2) is 24.3 Å². The average Bonchev–Trinajstić information content (AvgIpc) is 2.54. The maximum absolute atomic E-state index is 12.7. The normalized spacial score (nSPS) is 17.2. The Hall–Kier alpha value is -1.99. The number of nitro benzene ring substituents is 1. The summed E-state index contributed by atoms with van der Waals surface area (Å²) >= 11 is 0. The fraction of sp³-hybridized carbons (Fsp3) is 0.500. The van der Waals surface area contributed by atoms with Crippen LogP contribution in [-0.4, -0.2) is 37.6 Å². The number of nitrogens with zero attached hydrogens (tertiary/aromatic N) is 2. The number of ether oxygens (including phenoxy) is 1. The molecule has 0 aromatic heterocycles. The first-order chi connectivity index (χ1) is 10.00. The maximum atomic E-state index is 12.7. The molecule has 1 aliphatic heterocycles. The number of nitrogens with two attached hydrogens (primary N) is 1. The van der Waals surface area contributed by atoms with Crippen molar-refractivity contribution in [1.82, 2.24) is 0 Å². The predicted molar refractivity (Wildman–Crippen MR) is 78.0 cm³/mol. The fourth-order valence-corrected chi connectivity index (χ4v) is 2.54. The molecule has 2 N–H and O–H groups in total. The summed E-state index contributed by atoms with van der Waals surface area (Å²) in [5.74, 6) is -0.0675. The average molecular weight is 293 g/mol. The minimum absolute atomic E-state index is 0.000738. The van der Waals surface area contributed by atoms with Gasteiger partial charge in [0.25, 0.3) is 5.69 Å². The first-order valence-electron chi connectivity index (χ1n) is 6.80. The molecule has 114 valence electrons. The molecule has 1 aliphatic rings. The number of non-ortho nitro benzene ring substituents is 1. The Morgan fingerprint density at radius 1 is 1.38 bits per heavy atom. The molecule has 1 aromatic carbocycles. The van der Waals surface area contributed by atoms with Gasteiger partial charge in [0.2, 0.25) is 5.91 Å². The van der Waals surface area contributed by atoms with Gasteiger partial charge in [-0.05, 0) is 25.0 Å². The quantitative estimate of drug-likeness (QED) is 0.666. The van der Waals surface area contributed by atoms with E-state index in [4.69, 9.17) is 10.5 Å². The minimum atomic E-state index is -0.602. The molecule has 0 spiro atoms. The van der Waals surface area contributed by atoms with Crippen LogP contribution in [0.2, 0.25) is 0 Å². The van der Waals surface area contributed by atoms with E-state index < -0.39 is 10.3 Å². The lowest BCUT2D eigenvalue weighted by Gasteiger charge is -2.37. The van der Waals surface area contributed by atoms with E-state index in [1.165, 1.54) is 17.0 Å². The third-order valence-electron chi connectivity index (χ3n) is 4.05. The van der Waals surface area contributed by atoms with Gasteiger partial charge in [-0.2, -0.15) is 0 Å². The largest absolute Gasteiger partial charge is 0.381 e. The van der Waals surface area contributed by atoms with Gasteiger partial charge in [-0.25, -0.2) is 0 Å². The Morgan fingerprint density at radius 3 is 2.43 bits per heavy atom. The molecule has 0 radical (unpaired) electrons. The zero-order valence-electron chi connectivity index (χ0n) is 11.9.